The second kappa shape index (κ2) is 6.34. The molecule has 0 radical (unpaired) electrons. The van der Waals surface area contributed by atoms with Crippen LogP contribution in [0.1, 0.15) is 29.7 Å². The van der Waals surface area contributed by atoms with Crippen molar-refractivity contribution in [1.82, 2.24) is 9.13 Å². The molecule has 25 heavy (non-hydrogen) atoms. The van der Waals surface area contributed by atoms with Gasteiger partial charge in [0.1, 0.15) is 4.83 Å². The number of nitrogens with zero attached hydrogens (tertiary/aromatic N) is 3. The second-order valence-corrected chi connectivity index (χ2v) is 7.29. The summed E-state index contributed by atoms with van der Waals surface area (Å²) < 4.78 is 2.86. The Balaban J connectivity index is 2.11. The van der Waals surface area contributed by atoms with Gasteiger partial charge in [-0.05, 0) is 43.4 Å². The van der Waals surface area contributed by atoms with Crippen molar-refractivity contribution in [3.63, 3.8) is 0 Å². The predicted octanol–water partition coefficient (Wildman–Crippen LogP) is 3.01. The van der Waals surface area contributed by atoms with Crippen molar-refractivity contribution in [2.45, 2.75) is 38.6 Å². The van der Waals surface area contributed by atoms with Crippen molar-refractivity contribution >= 4 is 21.6 Å². The van der Waals surface area contributed by atoms with Crippen molar-refractivity contribution in [3.05, 3.63) is 61.6 Å². The van der Waals surface area contributed by atoms with Gasteiger partial charge in [-0.1, -0.05) is 18.2 Å². The summed E-state index contributed by atoms with van der Waals surface area (Å²) in [6.07, 6.45) is 4.28. The molecule has 0 amide bonds. The van der Waals surface area contributed by atoms with E-state index in [0.29, 0.717) is 17.6 Å². The third kappa shape index (κ3) is 2.52. The van der Waals surface area contributed by atoms with E-state index in [-0.39, 0.29) is 17.7 Å². The lowest BCUT2D eigenvalue weighted by Crippen LogP contribution is -2.38. The Morgan fingerprint density at radius 3 is 2.64 bits per heavy atom. The molecule has 0 saturated carbocycles. The van der Waals surface area contributed by atoms with E-state index in [1.165, 1.54) is 9.44 Å². The second-order valence-electron chi connectivity index (χ2n) is 6.21. The molecule has 0 spiro atoms. The van der Waals surface area contributed by atoms with Gasteiger partial charge in [-0.25, -0.2) is 9.36 Å². The van der Waals surface area contributed by atoms with Crippen LogP contribution in [0.4, 0.5) is 0 Å². The quantitative estimate of drug-likeness (QED) is 0.728. The molecule has 2 aromatic heterocycles. The van der Waals surface area contributed by atoms with E-state index in [1.807, 2.05) is 18.2 Å². The number of hydrogen-bond acceptors (Lipinski definition) is 4. The van der Waals surface area contributed by atoms with E-state index >= 15 is 0 Å². The molecular weight excluding hydrogens is 334 g/mol. The highest BCUT2D eigenvalue weighted by Crippen LogP contribution is 2.34. The summed E-state index contributed by atoms with van der Waals surface area (Å²) in [4.78, 5) is 28.2. The molecule has 3 aromatic rings. The number of aryl methyl sites for hydroxylation is 3. The smallest absolute Gasteiger partial charge is 0.283 e. The molecule has 0 bridgehead atoms. The van der Waals surface area contributed by atoms with Gasteiger partial charge in [0.05, 0.1) is 23.6 Å². The number of para-hydroxylation sites is 1. The van der Waals surface area contributed by atoms with Crippen LogP contribution < -0.4 is 11.2 Å². The summed E-state index contributed by atoms with van der Waals surface area (Å²) in [6, 6.07) is 11.1. The average molecular weight is 351 g/mol. The molecule has 0 N–H and O–H groups in total. The zero-order valence-corrected chi connectivity index (χ0v) is 14.5. The van der Waals surface area contributed by atoms with Crippen LogP contribution in [0.25, 0.3) is 15.9 Å². The average Bonchev–Trinajstić information content (AvgIpc) is 3.02. The van der Waals surface area contributed by atoms with Gasteiger partial charge in [0.2, 0.25) is 0 Å². The normalized spacial score (nSPS) is 13.6. The molecule has 1 aromatic carbocycles. The Hall–Kier alpha value is -2.65. The number of aromatic nitrogens is 2. The Bertz CT molecular complexity index is 1100. The lowest BCUT2D eigenvalue weighted by atomic mass is 9.97. The van der Waals surface area contributed by atoms with Crippen LogP contribution in [0.15, 0.2) is 39.9 Å². The zero-order chi connectivity index (χ0) is 17.4. The maximum Gasteiger partial charge on any atom is 0.336 e. The Labute approximate surface area is 148 Å². The highest BCUT2D eigenvalue weighted by molar-refractivity contribution is 7.18. The highest BCUT2D eigenvalue weighted by atomic mass is 32.1. The molecule has 0 unspecified atom stereocenters. The van der Waals surface area contributed by atoms with Crippen LogP contribution in [0.2, 0.25) is 0 Å². The summed E-state index contributed by atoms with van der Waals surface area (Å²) in [5.41, 5.74) is 1.07. The first kappa shape index (κ1) is 15.9. The van der Waals surface area contributed by atoms with Gasteiger partial charge in [-0.2, -0.15) is 5.26 Å². The molecule has 4 rings (SSSR count). The van der Waals surface area contributed by atoms with E-state index in [9.17, 15) is 9.59 Å². The third-order valence-corrected chi connectivity index (χ3v) is 6.01. The van der Waals surface area contributed by atoms with Gasteiger partial charge < -0.3 is 0 Å². The Morgan fingerprint density at radius 1 is 1.12 bits per heavy atom. The number of fused-ring (bicyclic) bond motifs is 3. The first-order valence-electron chi connectivity index (χ1n) is 8.45. The number of hydrogen-bond donors (Lipinski definition) is 0. The van der Waals surface area contributed by atoms with Crippen LogP contribution in [0.5, 0.6) is 0 Å². The molecular formula is C19H17N3O2S. The van der Waals surface area contributed by atoms with Gasteiger partial charge in [-0.15, -0.1) is 11.3 Å². The first-order valence-corrected chi connectivity index (χ1v) is 9.26. The fourth-order valence-corrected chi connectivity index (χ4v) is 4.93. The van der Waals surface area contributed by atoms with Crippen LogP contribution in [0, 0.1) is 11.3 Å². The molecule has 0 atom stereocenters. The zero-order valence-electron chi connectivity index (χ0n) is 13.7. The van der Waals surface area contributed by atoms with E-state index in [2.05, 4.69) is 6.07 Å². The molecule has 2 heterocycles. The summed E-state index contributed by atoms with van der Waals surface area (Å²) in [7, 11) is 0. The molecule has 0 fully saturated rings. The third-order valence-electron chi connectivity index (χ3n) is 4.70. The topological polar surface area (TPSA) is 67.8 Å². The summed E-state index contributed by atoms with van der Waals surface area (Å²) in [5.74, 6) is 0. The predicted molar refractivity (Wildman–Crippen MR) is 98.6 cm³/mol. The largest absolute Gasteiger partial charge is 0.336 e. The van der Waals surface area contributed by atoms with Crippen molar-refractivity contribution in [2.75, 3.05) is 0 Å². The fraction of sp³-hybridized carbons (Fsp3) is 0.316. The minimum Gasteiger partial charge on any atom is -0.283 e. The van der Waals surface area contributed by atoms with Crippen LogP contribution in [0.3, 0.4) is 0 Å². The van der Waals surface area contributed by atoms with Crippen molar-refractivity contribution in [3.8, 4) is 11.8 Å². The lowest BCUT2D eigenvalue weighted by Gasteiger charge is -2.12. The van der Waals surface area contributed by atoms with Crippen molar-refractivity contribution in [1.29, 1.82) is 5.26 Å². The molecule has 6 heteroatoms. The van der Waals surface area contributed by atoms with Gasteiger partial charge in [0.15, 0.2) is 0 Å². The maximum atomic E-state index is 13.2. The molecule has 1 aliphatic carbocycles. The molecule has 0 saturated heterocycles. The summed E-state index contributed by atoms with van der Waals surface area (Å²) in [5, 5.41) is 9.63. The van der Waals surface area contributed by atoms with E-state index < -0.39 is 0 Å². The molecule has 5 nitrogen and oxygen atoms in total. The minimum atomic E-state index is -0.363. The van der Waals surface area contributed by atoms with Crippen LogP contribution >= 0.6 is 11.3 Å². The van der Waals surface area contributed by atoms with Gasteiger partial charge >= 0.3 is 5.69 Å². The number of rotatable bonds is 3. The standard InChI is InChI=1S/C19H17N3O2S/c20-11-6-12-21-18-16(14-9-4-5-10-15(14)25-18)17(23)22(19(21)24)13-7-2-1-3-8-13/h1-3,7-8H,4-6,9-10,12H2. The summed E-state index contributed by atoms with van der Waals surface area (Å²) >= 11 is 1.55. The highest BCUT2D eigenvalue weighted by Gasteiger charge is 2.23. The summed E-state index contributed by atoms with van der Waals surface area (Å²) in [6.45, 7) is 0.304. The number of nitriles is 1. The molecule has 0 aliphatic heterocycles. The van der Waals surface area contributed by atoms with Crippen LogP contribution in [-0.2, 0) is 19.4 Å². The van der Waals surface area contributed by atoms with Crippen molar-refractivity contribution in [2.24, 2.45) is 0 Å². The number of thiophene rings is 1. The van der Waals surface area contributed by atoms with Gasteiger partial charge in [-0.3, -0.25) is 9.36 Å². The van der Waals surface area contributed by atoms with E-state index in [0.717, 1.165) is 36.1 Å². The SMILES string of the molecule is N#CCCn1c(=O)n(-c2ccccc2)c(=O)c2c3c(sc21)CCCC3. The minimum absolute atomic E-state index is 0.237. The first-order chi connectivity index (χ1) is 12.2. The van der Waals surface area contributed by atoms with E-state index in [1.54, 1.807) is 28.0 Å². The fourth-order valence-electron chi connectivity index (χ4n) is 3.53. The monoisotopic (exact) mass is 351 g/mol. The van der Waals surface area contributed by atoms with Crippen LogP contribution in [-0.4, -0.2) is 9.13 Å². The van der Waals surface area contributed by atoms with Gasteiger partial charge in [0.25, 0.3) is 5.56 Å². The Kier molecular flexibility index (Phi) is 4.02. The Morgan fingerprint density at radius 2 is 1.88 bits per heavy atom. The lowest BCUT2D eigenvalue weighted by molar-refractivity contribution is 0.664. The van der Waals surface area contributed by atoms with Gasteiger partial charge in [0, 0.05) is 11.4 Å². The number of benzene rings is 1. The molecule has 126 valence electrons. The van der Waals surface area contributed by atoms with E-state index in [4.69, 9.17) is 5.26 Å². The van der Waals surface area contributed by atoms with Crippen molar-refractivity contribution < 1.29 is 0 Å². The maximum absolute atomic E-state index is 13.2. The molecule has 1 aliphatic rings.